The van der Waals surface area contributed by atoms with Gasteiger partial charge in [-0.05, 0) is 6.42 Å². The lowest BCUT2D eigenvalue weighted by atomic mass is 10.1. The number of aliphatic hydroxyl groups excluding tert-OH is 1. The molecule has 0 spiro atoms. The minimum absolute atomic E-state index is 0.00379. The van der Waals surface area contributed by atoms with E-state index in [1.807, 2.05) is 0 Å². The molecule has 1 aliphatic rings. The predicted octanol–water partition coefficient (Wildman–Crippen LogP) is 2.17. The normalized spacial score (nSPS) is 17.4. The molecule has 1 aromatic heterocycles. The number of hydrogen-bond donors (Lipinski definition) is 1. The van der Waals surface area contributed by atoms with Crippen molar-refractivity contribution in [1.82, 2.24) is 9.88 Å². The quantitative estimate of drug-likeness (QED) is 0.683. The van der Waals surface area contributed by atoms with E-state index in [1.54, 1.807) is 22.4 Å². The van der Waals surface area contributed by atoms with E-state index in [2.05, 4.69) is 4.98 Å². The number of hydrogen-bond acceptors (Lipinski definition) is 6. The van der Waals surface area contributed by atoms with Crippen molar-refractivity contribution in [1.29, 1.82) is 0 Å². The van der Waals surface area contributed by atoms with Gasteiger partial charge in [0, 0.05) is 48.7 Å². The van der Waals surface area contributed by atoms with Crippen LogP contribution in [0.5, 0.6) is 0 Å². The first-order valence-electron chi connectivity index (χ1n) is 7.19. The summed E-state index contributed by atoms with van der Waals surface area (Å²) < 4.78 is 0. The molecule has 1 atom stereocenters. The Morgan fingerprint density at radius 3 is 3.04 bits per heavy atom. The van der Waals surface area contributed by atoms with Crippen molar-refractivity contribution in [2.24, 2.45) is 5.92 Å². The first-order valence-corrected chi connectivity index (χ1v) is 8.07. The highest BCUT2D eigenvalue weighted by Gasteiger charge is 2.27. The average Bonchev–Trinajstić information content (AvgIpc) is 3.23. The summed E-state index contributed by atoms with van der Waals surface area (Å²) in [5.74, 6) is -0.0253. The fourth-order valence-electron chi connectivity index (χ4n) is 2.59. The maximum absolute atomic E-state index is 12.4. The number of aromatic nitrogens is 1. The second-order valence-corrected chi connectivity index (χ2v) is 6.29. The molecule has 1 aromatic carbocycles. The van der Waals surface area contributed by atoms with E-state index in [-0.39, 0.29) is 24.1 Å². The van der Waals surface area contributed by atoms with Gasteiger partial charge in [0.05, 0.1) is 4.92 Å². The van der Waals surface area contributed by atoms with Crippen LogP contribution in [0.4, 0.5) is 5.69 Å². The number of rotatable bonds is 4. The molecule has 1 fully saturated rings. The number of carbonyl (C=O) groups is 1. The van der Waals surface area contributed by atoms with E-state index in [4.69, 9.17) is 5.11 Å². The average molecular weight is 333 g/mol. The maximum Gasteiger partial charge on any atom is 0.273 e. The van der Waals surface area contributed by atoms with E-state index < -0.39 is 4.92 Å². The summed E-state index contributed by atoms with van der Waals surface area (Å²) >= 11 is 1.29. The second kappa shape index (κ2) is 6.43. The molecule has 8 heteroatoms. The molecule has 1 saturated heterocycles. The Labute approximate surface area is 136 Å². The Bertz CT molecular complexity index is 746. The Kier molecular flexibility index (Phi) is 4.35. The first-order chi connectivity index (χ1) is 11.1. The highest BCUT2D eigenvalue weighted by atomic mass is 32.1. The Morgan fingerprint density at radius 1 is 1.52 bits per heavy atom. The van der Waals surface area contributed by atoms with Gasteiger partial charge >= 0.3 is 0 Å². The third-order valence-electron chi connectivity index (χ3n) is 3.86. The van der Waals surface area contributed by atoms with Crippen molar-refractivity contribution in [2.45, 2.75) is 6.42 Å². The highest BCUT2D eigenvalue weighted by Crippen LogP contribution is 2.28. The standard InChI is InChI=1S/C15H15N3O4S/c19-8-10-4-5-17(7-10)15(20)13-9-23-14(16-13)11-2-1-3-12(6-11)18(21)22/h1-3,6,9-10,19H,4-5,7-8H2. The van der Waals surface area contributed by atoms with Crippen LogP contribution >= 0.6 is 11.3 Å². The van der Waals surface area contributed by atoms with Crippen LogP contribution in [0.15, 0.2) is 29.6 Å². The largest absolute Gasteiger partial charge is 0.396 e. The summed E-state index contributed by atoms with van der Waals surface area (Å²) in [6.45, 7) is 1.24. The number of thiazole rings is 1. The van der Waals surface area contributed by atoms with Gasteiger partial charge in [-0.15, -0.1) is 11.3 Å². The Morgan fingerprint density at radius 2 is 2.35 bits per heavy atom. The van der Waals surface area contributed by atoms with Gasteiger partial charge in [-0.1, -0.05) is 12.1 Å². The lowest BCUT2D eigenvalue weighted by molar-refractivity contribution is -0.384. The topological polar surface area (TPSA) is 96.6 Å². The molecule has 1 amide bonds. The molecule has 0 saturated carbocycles. The van der Waals surface area contributed by atoms with Crippen LogP contribution in [0.2, 0.25) is 0 Å². The lowest BCUT2D eigenvalue weighted by Crippen LogP contribution is -2.29. The number of carbonyl (C=O) groups excluding carboxylic acids is 1. The molecule has 120 valence electrons. The fourth-order valence-corrected chi connectivity index (χ4v) is 3.38. The van der Waals surface area contributed by atoms with Crippen LogP contribution in [0.1, 0.15) is 16.9 Å². The molecule has 1 unspecified atom stereocenters. The Hall–Kier alpha value is -2.32. The molecule has 7 nitrogen and oxygen atoms in total. The van der Waals surface area contributed by atoms with Crippen LogP contribution in [0.25, 0.3) is 10.6 Å². The molecule has 2 heterocycles. The fraction of sp³-hybridized carbons (Fsp3) is 0.333. The van der Waals surface area contributed by atoms with Crippen molar-refractivity contribution in [3.63, 3.8) is 0 Å². The third-order valence-corrected chi connectivity index (χ3v) is 4.75. The van der Waals surface area contributed by atoms with Gasteiger partial charge in [-0.25, -0.2) is 4.98 Å². The first kappa shape index (κ1) is 15.6. The van der Waals surface area contributed by atoms with Gasteiger partial charge in [0.1, 0.15) is 10.7 Å². The maximum atomic E-state index is 12.4. The van der Waals surface area contributed by atoms with Gasteiger partial charge < -0.3 is 10.0 Å². The van der Waals surface area contributed by atoms with Gasteiger partial charge in [0.15, 0.2) is 0 Å². The zero-order valence-corrected chi connectivity index (χ0v) is 13.0. The summed E-state index contributed by atoms with van der Waals surface area (Å²) in [6.07, 6.45) is 0.796. The van der Waals surface area contributed by atoms with Gasteiger partial charge in [0.25, 0.3) is 11.6 Å². The number of nitro benzene ring substituents is 1. The SMILES string of the molecule is O=C(c1csc(-c2cccc([N+](=O)[O-])c2)n1)N1CCC(CO)C1. The number of non-ortho nitro benzene ring substituents is 1. The number of nitrogens with zero attached hydrogens (tertiary/aromatic N) is 3. The third kappa shape index (κ3) is 3.22. The van der Waals surface area contributed by atoms with E-state index in [0.29, 0.717) is 29.4 Å². The molecule has 1 aliphatic heterocycles. The minimum atomic E-state index is -0.456. The van der Waals surface area contributed by atoms with Crippen molar-refractivity contribution in [3.8, 4) is 10.6 Å². The number of nitro groups is 1. The number of aliphatic hydroxyl groups is 1. The summed E-state index contributed by atoms with van der Waals surface area (Å²) in [5.41, 5.74) is 0.962. The van der Waals surface area contributed by atoms with E-state index >= 15 is 0 Å². The predicted molar refractivity (Wildman–Crippen MR) is 85.3 cm³/mol. The number of benzene rings is 1. The lowest BCUT2D eigenvalue weighted by Gasteiger charge is -2.14. The van der Waals surface area contributed by atoms with Gasteiger partial charge in [-0.3, -0.25) is 14.9 Å². The smallest absolute Gasteiger partial charge is 0.273 e. The van der Waals surface area contributed by atoms with Gasteiger partial charge in [-0.2, -0.15) is 0 Å². The summed E-state index contributed by atoms with van der Waals surface area (Å²) in [4.78, 5) is 28.8. The second-order valence-electron chi connectivity index (χ2n) is 5.43. The summed E-state index contributed by atoms with van der Waals surface area (Å²) in [7, 11) is 0. The summed E-state index contributed by atoms with van der Waals surface area (Å²) in [6, 6.07) is 6.20. The number of likely N-dealkylation sites (tertiary alicyclic amines) is 1. The molecular formula is C15H15N3O4S. The molecule has 1 N–H and O–H groups in total. The van der Waals surface area contributed by atoms with E-state index in [0.717, 1.165) is 6.42 Å². The molecule has 0 aliphatic carbocycles. The van der Waals surface area contributed by atoms with Crippen molar-refractivity contribution in [3.05, 3.63) is 45.5 Å². The molecular weight excluding hydrogens is 318 g/mol. The van der Waals surface area contributed by atoms with Crippen LogP contribution in [0, 0.1) is 16.0 Å². The number of amides is 1. The van der Waals surface area contributed by atoms with Crippen LogP contribution in [0.3, 0.4) is 0 Å². The monoisotopic (exact) mass is 333 g/mol. The minimum Gasteiger partial charge on any atom is -0.396 e. The van der Waals surface area contributed by atoms with Crippen LogP contribution in [-0.2, 0) is 0 Å². The van der Waals surface area contributed by atoms with Crippen molar-refractivity contribution in [2.75, 3.05) is 19.7 Å². The molecule has 0 radical (unpaired) electrons. The zero-order chi connectivity index (χ0) is 16.4. The molecule has 2 aromatic rings. The van der Waals surface area contributed by atoms with Crippen LogP contribution in [-0.4, -0.2) is 45.5 Å². The van der Waals surface area contributed by atoms with Crippen molar-refractivity contribution < 1.29 is 14.8 Å². The van der Waals surface area contributed by atoms with E-state index in [1.165, 1.54) is 23.5 Å². The van der Waals surface area contributed by atoms with Gasteiger partial charge in [0.2, 0.25) is 0 Å². The van der Waals surface area contributed by atoms with Crippen LogP contribution < -0.4 is 0 Å². The molecule has 0 bridgehead atoms. The highest BCUT2D eigenvalue weighted by molar-refractivity contribution is 7.13. The summed E-state index contributed by atoms with van der Waals surface area (Å²) in [5, 5.41) is 22.2. The zero-order valence-electron chi connectivity index (χ0n) is 12.2. The molecule has 23 heavy (non-hydrogen) atoms. The van der Waals surface area contributed by atoms with Crippen molar-refractivity contribution >= 4 is 22.9 Å². The Balaban J connectivity index is 1.79. The van der Waals surface area contributed by atoms with E-state index in [9.17, 15) is 14.9 Å². The molecule has 3 rings (SSSR count).